The van der Waals surface area contributed by atoms with Gasteiger partial charge in [-0.15, -0.1) is 11.3 Å². The zero-order chi connectivity index (χ0) is 38.8. The summed E-state index contributed by atoms with van der Waals surface area (Å²) in [6, 6.07) is 9.86. The summed E-state index contributed by atoms with van der Waals surface area (Å²) in [5, 5.41) is 64.6. The van der Waals surface area contributed by atoms with E-state index in [0.29, 0.717) is 4.88 Å². The quantitative estimate of drug-likeness (QED) is 0.130. The van der Waals surface area contributed by atoms with Crippen molar-refractivity contribution in [3.8, 4) is 0 Å². The van der Waals surface area contributed by atoms with Crippen LogP contribution in [0, 0.1) is 16.7 Å². The molecule has 1 amide bonds. The fourth-order valence-corrected chi connectivity index (χ4v) is 9.68. The van der Waals surface area contributed by atoms with Gasteiger partial charge in [0.1, 0.15) is 35.6 Å². The van der Waals surface area contributed by atoms with Gasteiger partial charge in [-0.25, -0.2) is 14.4 Å². The number of nitrogens with one attached hydrogen (secondary N) is 1. The molecule has 2 bridgehead atoms. The highest BCUT2D eigenvalue weighted by molar-refractivity contribution is 7.10. The van der Waals surface area contributed by atoms with E-state index in [1.807, 2.05) is 0 Å². The first-order chi connectivity index (χ1) is 24.8. The van der Waals surface area contributed by atoms with Gasteiger partial charge in [-0.1, -0.05) is 38.1 Å². The van der Waals surface area contributed by atoms with E-state index in [9.17, 15) is 44.7 Å². The Kier molecular flexibility index (Phi) is 10.2. The average Bonchev–Trinajstić information content (AvgIpc) is 3.64. The van der Waals surface area contributed by atoms with Crippen LogP contribution in [0.15, 0.2) is 59.0 Å². The third-order valence-corrected chi connectivity index (χ3v) is 12.9. The molecule has 1 aliphatic heterocycles. The number of hydrogen-bond acceptors (Lipinski definition) is 14. The third-order valence-electron chi connectivity index (χ3n) is 11.9. The van der Waals surface area contributed by atoms with Crippen LogP contribution >= 0.6 is 11.3 Å². The number of esters is 2. The second-order valence-electron chi connectivity index (χ2n) is 15.6. The number of aliphatic hydroxyl groups excluding tert-OH is 3. The van der Waals surface area contributed by atoms with Crippen LogP contribution in [0.3, 0.4) is 0 Å². The Morgan fingerprint density at radius 3 is 2.28 bits per heavy atom. The number of ether oxygens (including phenoxy) is 4. The normalized spacial score (nSPS) is 35.7. The van der Waals surface area contributed by atoms with E-state index in [1.165, 1.54) is 26.0 Å². The number of carbonyl (C=O) groups excluding carboxylic acids is 4. The van der Waals surface area contributed by atoms with Gasteiger partial charge >= 0.3 is 18.0 Å². The molecular weight excluding hydrogens is 710 g/mol. The Balaban J connectivity index is 1.45. The number of rotatable bonds is 8. The predicted molar refractivity (Wildman–Crippen MR) is 187 cm³/mol. The Labute approximate surface area is 310 Å². The molecule has 0 radical (unpaired) electrons. The van der Waals surface area contributed by atoms with Gasteiger partial charge < -0.3 is 49.8 Å². The fraction of sp³-hybridized carbons (Fsp3) is 0.579. The molecule has 0 unspecified atom stereocenters. The van der Waals surface area contributed by atoms with E-state index in [-0.39, 0.29) is 29.7 Å². The van der Waals surface area contributed by atoms with Crippen LogP contribution in [0.5, 0.6) is 0 Å². The lowest BCUT2D eigenvalue weighted by Gasteiger charge is -2.66. The standard InChI is InChI=1S/C38H47NO13S/c1-18(2)50-34(46)39-26(22-13-10-14-53-22)28(42)33(45)51-21-16-38(48)31(52-32(44)20-11-8-7-9-12-20)29-36(6,23(40)15-24-37(29,47)17-49-24)30(43)27(41)25(19(21)3)35(38,4)5/h7-14,18,21,23-24,26-29,31,40-42,47-48H,15-17H2,1-6H3,(H,39,46)/t21-,23-,24+,26-,27+,28+,29-,31-,36+,37-,38+/m0/s1. The molecule has 2 saturated carbocycles. The van der Waals surface area contributed by atoms with Crippen molar-refractivity contribution in [3.63, 3.8) is 0 Å². The molecule has 3 fully saturated rings. The number of carbonyl (C=O) groups is 4. The van der Waals surface area contributed by atoms with Gasteiger partial charge in [0.2, 0.25) is 0 Å². The van der Waals surface area contributed by atoms with Crippen LogP contribution in [-0.2, 0) is 28.5 Å². The van der Waals surface area contributed by atoms with Crippen molar-refractivity contribution in [2.45, 2.75) is 114 Å². The maximum absolute atomic E-state index is 14.6. The lowest BCUT2D eigenvalue weighted by molar-refractivity contribution is -0.343. The zero-order valence-electron chi connectivity index (χ0n) is 30.3. The number of thiophene rings is 1. The molecule has 2 heterocycles. The number of hydrogen-bond donors (Lipinski definition) is 6. The van der Waals surface area contributed by atoms with Crippen molar-refractivity contribution >= 4 is 35.2 Å². The van der Waals surface area contributed by atoms with E-state index in [0.717, 1.165) is 11.3 Å². The first-order valence-electron chi connectivity index (χ1n) is 17.6. The molecular formula is C38H47NO13S. The molecule has 14 nitrogen and oxygen atoms in total. The summed E-state index contributed by atoms with van der Waals surface area (Å²) >= 11 is 1.16. The van der Waals surface area contributed by atoms with Gasteiger partial charge in [-0.05, 0) is 62.4 Å². The molecule has 3 aliphatic carbocycles. The van der Waals surface area contributed by atoms with Gasteiger partial charge in [-0.3, -0.25) is 4.79 Å². The van der Waals surface area contributed by atoms with Gasteiger partial charge in [0.25, 0.3) is 0 Å². The third kappa shape index (κ3) is 6.19. The smallest absolute Gasteiger partial charge is 0.408 e. The molecule has 15 heteroatoms. The van der Waals surface area contributed by atoms with Crippen molar-refractivity contribution < 1.29 is 63.7 Å². The van der Waals surface area contributed by atoms with E-state index < -0.39 is 107 Å². The summed E-state index contributed by atoms with van der Waals surface area (Å²) in [7, 11) is 0. The van der Waals surface area contributed by atoms with Gasteiger partial charge in [0.05, 0.1) is 35.9 Å². The molecule has 0 spiro atoms. The Morgan fingerprint density at radius 1 is 1.02 bits per heavy atom. The summed E-state index contributed by atoms with van der Waals surface area (Å²) in [6.07, 6.45) is -11.6. The number of Topliss-reactive ketones (excluding diaryl/α,β-unsaturated/α-hetero) is 1. The second-order valence-corrected chi connectivity index (χ2v) is 16.6. The Hall–Kier alpha value is -3.70. The molecule has 6 rings (SSSR count). The van der Waals surface area contributed by atoms with Crippen molar-refractivity contribution in [2.24, 2.45) is 16.7 Å². The van der Waals surface area contributed by atoms with Gasteiger partial charge in [0, 0.05) is 29.1 Å². The maximum Gasteiger partial charge on any atom is 0.408 e. The van der Waals surface area contributed by atoms with E-state index in [2.05, 4.69) is 5.32 Å². The van der Waals surface area contributed by atoms with Crippen molar-refractivity contribution in [1.29, 1.82) is 0 Å². The van der Waals surface area contributed by atoms with Crippen molar-refractivity contribution in [2.75, 3.05) is 6.61 Å². The summed E-state index contributed by atoms with van der Waals surface area (Å²) in [5.74, 6) is -4.51. The molecule has 4 aliphatic rings. The summed E-state index contributed by atoms with van der Waals surface area (Å²) < 4.78 is 22.9. The molecule has 1 aromatic carbocycles. The Bertz CT molecular complexity index is 1780. The van der Waals surface area contributed by atoms with Crippen molar-refractivity contribution in [3.05, 3.63) is 69.4 Å². The monoisotopic (exact) mass is 757 g/mol. The number of alkyl carbamates (subject to hydrolysis) is 1. The Morgan fingerprint density at radius 2 is 1.70 bits per heavy atom. The lowest BCUT2D eigenvalue weighted by atomic mass is 9.44. The minimum atomic E-state index is -2.30. The first kappa shape index (κ1) is 39.0. The van der Waals surface area contributed by atoms with Crippen LogP contribution in [0.4, 0.5) is 4.79 Å². The molecule has 2 aromatic rings. The maximum atomic E-state index is 14.6. The van der Waals surface area contributed by atoms with Crippen LogP contribution in [-0.4, -0.2) is 110 Å². The second kappa shape index (κ2) is 13.9. The molecule has 6 N–H and O–H groups in total. The zero-order valence-corrected chi connectivity index (χ0v) is 31.2. The van der Waals surface area contributed by atoms with E-state index in [1.54, 1.807) is 63.4 Å². The van der Waals surface area contributed by atoms with Gasteiger partial charge in [-0.2, -0.15) is 0 Å². The topological polar surface area (TPSA) is 218 Å². The number of fused-ring (bicyclic) bond motifs is 5. The minimum absolute atomic E-state index is 0.0383. The van der Waals surface area contributed by atoms with Crippen molar-refractivity contribution in [1.82, 2.24) is 5.32 Å². The first-order valence-corrected chi connectivity index (χ1v) is 18.5. The van der Waals surface area contributed by atoms with Crippen LogP contribution in [0.2, 0.25) is 0 Å². The fourth-order valence-electron chi connectivity index (χ4n) is 8.87. The number of amides is 1. The molecule has 1 saturated heterocycles. The molecule has 53 heavy (non-hydrogen) atoms. The van der Waals surface area contributed by atoms with E-state index in [4.69, 9.17) is 18.9 Å². The summed E-state index contributed by atoms with van der Waals surface area (Å²) in [5.41, 5.74) is -7.49. The molecule has 11 atom stereocenters. The minimum Gasteiger partial charge on any atom is -0.456 e. The number of aliphatic hydroxyl groups is 5. The summed E-state index contributed by atoms with van der Waals surface area (Å²) in [6.45, 7) is 8.95. The molecule has 288 valence electrons. The van der Waals surface area contributed by atoms with Crippen LogP contribution < -0.4 is 5.32 Å². The van der Waals surface area contributed by atoms with Crippen LogP contribution in [0.1, 0.15) is 75.7 Å². The lowest BCUT2D eigenvalue weighted by Crippen LogP contribution is -2.81. The summed E-state index contributed by atoms with van der Waals surface area (Å²) in [4.78, 5) is 55.4. The van der Waals surface area contributed by atoms with Gasteiger partial charge in [0.15, 0.2) is 11.9 Å². The average molecular weight is 758 g/mol. The predicted octanol–water partition coefficient (Wildman–Crippen LogP) is 2.36. The highest BCUT2D eigenvalue weighted by Crippen LogP contribution is 2.63. The molecule has 1 aromatic heterocycles. The highest BCUT2D eigenvalue weighted by Gasteiger charge is 2.76. The largest absolute Gasteiger partial charge is 0.456 e. The van der Waals surface area contributed by atoms with Crippen LogP contribution in [0.25, 0.3) is 0 Å². The SMILES string of the molecule is CC1=C2[C@@H](O)C(=O)[C@@]3(C)[C@H]([C@H](OC(=O)c4ccccc4)[C@](O)(C[C@@H]1OC(=O)[C@H](O)[C@@H](NC(=O)OC(C)C)c1cccs1)C2(C)C)[C@]1(O)CO[C@@H]1C[C@@H]3O. The number of benzene rings is 1. The highest BCUT2D eigenvalue weighted by atomic mass is 32.1. The number of ketones is 1. The van der Waals surface area contributed by atoms with E-state index >= 15 is 0 Å².